The Balaban J connectivity index is 1.02. The number of fused-ring (bicyclic) bond motifs is 10. The molecule has 0 atom stereocenters. The monoisotopic (exact) mass is 730 g/mol. The first-order chi connectivity index (χ1) is 28.2. The minimum absolute atomic E-state index is 0.592. The molecule has 0 saturated heterocycles. The molecule has 12 aromatic rings. The Hall–Kier alpha value is -7.83. The van der Waals surface area contributed by atoms with E-state index >= 15 is 0 Å². The maximum absolute atomic E-state index is 6.32. The quantitative estimate of drug-likeness (QED) is 0.176. The molecule has 6 heteroatoms. The van der Waals surface area contributed by atoms with Gasteiger partial charge >= 0.3 is 0 Å². The zero-order valence-electron chi connectivity index (χ0n) is 30.4. The Morgan fingerprint density at radius 2 is 0.895 bits per heavy atom. The van der Waals surface area contributed by atoms with Crippen molar-refractivity contribution in [3.63, 3.8) is 0 Å². The molecule has 0 fully saturated rings. The second kappa shape index (κ2) is 12.3. The fraction of sp³-hybridized carbons (Fsp3) is 0. The zero-order valence-corrected chi connectivity index (χ0v) is 30.4. The Kier molecular flexibility index (Phi) is 6.83. The predicted molar refractivity (Wildman–Crippen MR) is 230 cm³/mol. The summed E-state index contributed by atoms with van der Waals surface area (Å²) in [6.45, 7) is 0. The third-order valence-corrected chi connectivity index (χ3v) is 11.0. The summed E-state index contributed by atoms with van der Waals surface area (Å²) in [5, 5.41) is 6.67. The standard InChI is InChI=1S/C51H30N4O2/c1-2-13-31(14-3-1)49-52-50(54-51(53-49)39-22-12-26-44-46(39)37-20-5-8-24-42(37)56-44)34-17-10-15-32(29-34)33-16-11-18-35(30-33)55-40-23-7-4-19-36(40)47-41(55)27-28-45-48(47)38-21-6-9-25-43(38)57-45/h1-30H. The van der Waals surface area contributed by atoms with Gasteiger partial charge in [0.1, 0.15) is 22.3 Å². The summed E-state index contributed by atoms with van der Waals surface area (Å²) < 4.78 is 14.9. The van der Waals surface area contributed by atoms with Gasteiger partial charge in [-0.1, -0.05) is 127 Å². The van der Waals surface area contributed by atoms with Crippen LogP contribution in [0.1, 0.15) is 0 Å². The molecule has 4 aromatic heterocycles. The fourth-order valence-electron chi connectivity index (χ4n) is 8.52. The minimum Gasteiger partial charge on any atom is -0.456 e. The molecule has 0 saturated carbocycles. The van der Waals surface area contributed by atoms with Crippen LogP contribution in [0.3, 0.4) is 0 Å². The summed E-state index contributed by atoms with van der Waals surface area (Å²) in [4.78, 5) is 15.3. The molecule has 12 rings (SSSR count). The smallest absolute Gasteiger partial charge is 0.164 e. The highest BCUT2D eigenvalue weighted by molar-refractivity contribution is 6.27. The predicted octanol–water partition coefficient (Wildman–Crippen LogP) is 13.4. The first kappa shape index (κ1) is 31.5. The third kappa shape index (κ3) is 4.94. The number of hydrogen-bond acceptors (Lipinski definition) is 5. The average Bonchev–Trinajstić information content (AvgIpc) is 3.96. The molecule has 0 bridgehead atoms. The molecule has 266 valence electrons. The van der Waals surface area contributed by atoms with E-state index < -0.39 is 0 Å². The van der Waals surface area contributed by atoms with Gasteiger partial charge < -0.3 is 13.4 Å². The van der Waals surface area contributed by atoms with Crippen LogP contribution < -0.4 is 0 Å². The number of benzene rings is 8. The molecule has 4 heterocycles. The van der Waals surface area contributed by atoms with Gasteiger partial charge in [-0.15, -0.1) is 0 Å². The van der Waals surface area contributed by atoms with E-state index in [9.17, 15) is 0 Å². The second-order valence-electron chi connectivity index (χ2n) is 14.4. The van der Waals surface area contributed by atoms with Crippen molar-refractivity contribution in [3.05, 3.63) is 182 Å². The maximum Gasteiger partial charge on any atom is 0.164 e. The SMILES string of the molecule is c1ccc(-c2nc(-c3cccc(-c4cccc(-n5c6ccccc6c6c7c(ccc65)oc5ccccc57)c4)c3)nc(-c3cccc4oc5ccccc5c34)n2)cc1. The molecule has 0 radical (unpaired) electrons. The molecule has 0 spiro atoms. The lowest BCUT2D eigenvalue weighted by Crippen LogP contribution is -2.00. The van der Waals surface area contributed by atoms with Crippen LogP contribution in [0.25, 0.3) is 117 Å². The van der Waals surface area contributed by atoms with Crippen molar-refractivity contribution in [2.24, 2.45) is 0 Å². The highest BCUT2D eigenvalue weighted by Gasteiger charge is 2.20. The van der Waals surface area contributed by atoms with Gasteiger partial charge in [-0.25, -0.2) is 15.0 Å². The molecule has 6 nitrogen and oxygen atoms in total. The van der Waals surface area contributed by atoms with Crippen molar-refractivity contribution in [2.75, 3.05) is 0 Å². The molecular formula is C51H30N4O2. The average molecular weight is 731 g/mol. The topological polar surface area (TPSA) is 69.9 Å². The summed E-state index contributed by atoms with van der Waals surface area (Å²) in [6, 6.07) is 62.7. The molecule has 0 aliphatic carbocycles. The van der Waals surface area contributed by atoms with Gasteiger partial charge in [0.25, 0.3) is 0 Å². The summed E-state index contributed by atoms with van der Waals surface area (Å²) in [5.41, 5.74) is 11.6. The molecule has 0 amide bonds. The molecule has 0 aliphatic heterocycles. The van der Waals surface area contributed by atoms with Gasteiger partial charge in [-0.3, -0.25) is 0 Å². The Morgan fingerprint density at radius 3 is 1.70 bits per heavy atom. The molecule has 8 aromatic carbocycles. The van der Waals surface area contributed by atoms with E-state index in [2.05, 4.69) is 114 Å². The Bertz CT molecular complexity index is 3540. The van der Waals surface area contributed by atoms with Crippen molar-refractivity contribution in [1.82, 2.24) is 19.5 Å². The Morgan fingerprint density at radius 1 is 0.333 bits per heavy atom. The minimum atomic E-state index is 0.592. The molecular weight excluding hydrogens is 701 g/mol. The van der Waals surface area contributed by atoms with Crippen molar-refractivity contribution in [2.45, 2.75) is 0 Å². The van der Waals surface area contributed by atoms with Crippen LogP contribution in [0.15, 0.2) is 191 Å². The van der Waals surface area contributed by atoms with Crippen LogP contribution in [0, 0.1) is 0 Å². The summed E-state index contributed by atoms with van der Waals surface area (Å²) >= 11 is 0. The van der Waals surface area contributed by atoms with Gasteiger partial charge in [0.15, 0.2) is 17.5 Å². The number of hydrogen-bond donors (Lipinski definition) is 0. The summed E-state index contributed by atoms with van der Waals surface area (Å²) in [5.74, 6) is 1.80. The van der Waals surface area contributed by atoms with E-state index in [1.165, 1.54) is 10.8 Å². The highest BCUT2D eigenvalue weighted by Crippen LogP contribution is 2.42. The number of furan rings is 2. The zero-order chi connectivity index (χ0) is 37.5. The summed E-state index contributed by atoms with van der Waals surface area (Å²) in [7, 11) is 0. The number of rotatable bonds is 5. The molecule has 0 aliphatic rings. The lowest BCUT2D eigenvalue weighted by Gasteiger charge is -2.12. The molecule has 0 N–H and O–H groups in total. The van der Waals surface area contributed by atoms with Gasteiger partial charge in [-0.2, -0.15) is 0 Å². The lowest BCUT2D eigenvalue weighted by atomic mass is 10.0. The maximum atomic E-state index is 6.32. The lowest BCUT2D eigenvalue weighted by molar-refractivity contribution is 0.668. The van der Waals surface area contributed by atoms with E-state index in [4.69, 9.17) is 23.8 Å². The van der Waals surface area contributed by atoms with Crippen LogP contribution in [0.4, 0.5) is 0 Å². The normalized spacial score (nSPS) is 11.9. The van der Waals surface area contributed by atoms with E-state index in [-0.39, 0.29) is 0 Å². The molecule has 57 heavy (non-hydrogen) atoms. The van der Waals surface area contributed by atoms with E-state index in [1.54, 1.807) is 0 Å². The first-order valence-corrected chi connectivity index (χ1v) is 19.0. The Labute approximate surface area is 325 Å². The van der Waals surface area contributed by atoms with Crippen molar-refractivity contribution >= 4 is 65.7 Å². The van der Waals surface area contributed by atoms with Gasteiger partial charge in [0.2, 0.25) is 0 Å². The first-order valence-electron chi connectivity index (χ1n) is 19.0. The van der Waals surface area contributed by atoms with E-state index in [0.717, 1.165) is 88.4 Å². The van der Waals surface area contributed by atoms with Crippen LogP contribution in [-0.2, 0) is 0 Å². The fourth-order valence-corrected chi connectivity index (χ4v) is 8.52. The van der Waals surface area contributed by atoms with Crippen LogP contribution in [-0.4, -0.2) is 19.5 Å². The van der Waals surface area contributed by atoms with Gasteiger partial charge in [-0.05, 0) is 65.7 Å². The van der Waals surface area contributed by atoms with Crippen molar-refractivity contribution < 1.29 is 8.83 Å². The van der Waals surface area contributed by atoms with Crippen LogP contribution >= 0.6 is 0 Å². The second-order valence-corrected chi connectivity index (χ2v) is 14.4. The van der Waals surface area contributed by atoms with Gasteiger partial charge in [0.05, 0.1) is 11.0 Å². The van der Waals surface area contributed by atoms with Crippen molar-refractivity contribution in [3.8, 4) is 51.0 Å². The third-order valence-electron chi connectivity index (χ3n) is 11.0. The largest absolute Gasteiger partial charge is 0.456 e. The van der Waals surface area contributed by atoms with E-state index in [0.29, 0.717) is 17.5 Å². The van der Waals surface area contributed by atoms with Crippen LogP contribution in [0.2, 0.25) is 0 Å². The summed E-state index contributed by atoms with van der Waals surface area (Å²) in [6.07, 6.45) is 0. The number of aromatic nitrogens is 4. The number of nitrogens with zero attached hydrogens (tertiary/aromatic N) is 4. The number of para-hydroxylation sites is 3. The van der Waals surface area contributed by atoms with Crippen molar-refractivity contribution in [1.29, 1.82) is 0 Å². The highest BCUT2D eigenvalue weighted by atomic mass is 16.3. The molecule has 0 unspecified atom stereocenters. The van der Waals surface area contributed by atoms with Crippen LogP contribution in [0.5, 0.6) is 0 Å². The van der Waals surface area contributed by atoms with Gasteiger partial charge in [0, 0.05) is 54.7 Å². The van der Waals surface area contributed by atoms with E-state index in [1.807, 2.05) is 72.8 Å².